The predicted octanol–water partition coefficient (Wildman–Crippen LogP) is 1.62. The zero-order chi connectivity index (χ0) is 18.1. The molecule has 0 saturated carbocycles. The molecule has 0 saturated heterocycles. The molecule has 3 aromatic rings. The topological polar surface area (TPSA) is 117 Å². The molecule has 0 atom stereocenters. The first kappa shape index (κ1) is 19.1. The fourth-order valence-corrected chi connectivity index (χ4v) is 2.31. The van der Waals surface area contributed by atoms with Crippen LogP contribution in [0.5, 0.6) is 5.75 Å². The Morgan fingerprint density at radius 1 is 1.23 bits per heavy atom. The largest absolute Gasteiger partial charge is 0.507 e. The average molecular weight is 385 g/mol. The van der Waals surface area contributed by atoms with Crippen molar-refractivity contribution in [2.75, 3.05) is 6.54 Å². The molecule has 0 spiro atoms. The van der Waals surface area contributed by atoms with Crippen LogP contribution in [0, 0.1) is 11.6 Å². The Morgan fingerprint density at radius 2 is 1.96 bits per heavy atom. The first-order valence-electron chi connectivity index (χ1n) is 6.89. The fourth-order valence-electron chi connectivity index (χ4n) is 2.31. The van der Waals surface area contributed by atoms with Crippen molar-refractivity contribution in [2.45, 2.75) is 0 Å². The summed E-state index contributed by atoms with van der Waals surface area (Å²) >= 11 is 0. The summed E-state index contributed by atoms with van der Waals surface area (Å²) in [5.74, 6) is -4.22. The van der Waals surface area contributed by atoms with Crippen molar-refractivity contribution < 1.29 is 28.6 Å². The molecule has 8 nitrogen and oxygen atoms in total. The van der Waals surface area contributed by atoms with E-state index in [9.17, 15) is 23.5 Å². The van der Waals surface area contributed by atoms with E-state index >= 15 is 0 Å². The summed E-state index contributed by atoms with van der Waals surface area (Å²) in [5, 5.41) is 24.7. The summed E-state index contributed by atoms with van der Waals surface area (Å²) in [6, 6.07) is 3.79. The number of hydrogen-bond donors (Lipinski definition) is 3. The number of aromatic nitrogens is 3. The van der Waals surface area contributed by atoms with Crippen LogP contribution >= 0.6 is 12.4 Å². The van der Waals surface area contributed by atoms with Crippen LogP contribution in [-0.4, -0.2) is 43.2 Å². The number of carboxylic acid groups (broad SMARTS) is 1. The van der Waals surface area contributed by atoms with Crippen LogP contribution in [0.3, 0.4) is 0 Å². The molecule has 0 aliphatic rings. The Bertz CT molecular complexity index is 1010. The second-order valence-electron chi connectivity index (χ2n) is 4.99. The van der Waals surface area contributed by atoms with Gasteiger partial charge in [-0.1, -0.05) is 0 Å². The number of nitrogens with one attached hydrogen (secondary N) is 1. The molecule has 11 heteroatoms. The summed E-state index contributed by atoms with van der Waals surface area (Å²) in [4.78, 5) is 26.5. The molecule has 0 fully saturated rings. The van der Waals surface area contributed by atoms with Gasteiger partial charge in [0.2, 0.25) is 0 Å². The highest BCUT2D eigenvalue weighted by molar-refractivity contribution is 6.04. The molecule has 3 rings (SSSR count). The number of hydrogen-bond acceptors (Lipinski definition) is 5. The Labute approximate surface area is 150 Å². The molecule has 26 heavy (non-hydrogen) atoms. The molecule has 1 aromatic carbocycles. The molecule has 3 N–H and O–H groups in total. The first-order valence-corrected chi connectivity index (χ1v) is 6.89. The number of rotatable bonds is 4. The van der Waals surface area contributed by atoms with E-state index in [-0.39, 0.29) is 34.9 Å². The number of benzene rings is 1. The lowest BCUT2D eigenvalue weighted by Crippen LogP contribution is -2.29. The zero-order valence-electron chi connectivity index (χ0n) is 12.8. The third kappa shape index (κ3) is 3.40. The Hall–Kier alpha value is -3.27. The van der Waals surface area contributed by atoms with Gasteiger partial charge in [-0.2, -0.15) is 5.10 Å². The van der Waals surface area contributed by atoms with Gasteiger partial charge in [0.1, 0.15) is 35.8 Å². The normalized spacial score (nSPS) is 10.4. The minimum atomic E-state index is -1.27. The summed E-state index contributed by atoms with van der Waals surface area (Å²) < 4.78 is 28.5. The van der Waals surface area contributed by atoms with Crippen molar-refractivity contribution in [2.24, 2.45) is 0 Å². The SMILES string of the molecule is Cl.O=C(O)CNC(=O)c1c(O)cc(-c2cc(F)ccc2F)n2ncnc12. The summed E-state index contributed by atoms with van der Waals surface area (Å²) in [6.45, 7) is -0.668. The van der Waals surface area contributed by atoms with E-state index < -0.39 is 35.8 Å². The molecule has 2 heterocycles. The standard InChI is InChI=1S/C15H10F2N4O4.ClH/c16-7-1-2-9(17)8(3-7)10-4-11(22)13(14-19-6-20-21(10)14)15(25)18-5-12(23)24;/h1-4,6,22H,5H2,(H,18,25)(H,23,24);1H. The monoisotopic (exact) mass is 384 g/mol. The lowest BCUT2D eigenvalue weighted by molar-refractivity contribution is -0.135. The van der Waals surface area contributed by atoms with E-state index in [0.717, 1.165) is 35.1 Å². The number of halogens is 3. The van der Waals surface area contributed by atoms with Gasteiger partial charge >= 0.3 is 5.97 Å². The average Bonchev–Trinajstić information content (AvgIpc) is 3.03. The number of aliphatic carboxylic acids is 1. The third-order valence-electron chi connectivity index (χ3n) is 3.36. The molecule has 0 radical (unpaired) electrons. The molecule has 0 aliphatic carbocycles. The van der Waals surface area contributed by atoms with Gasteiger partial charge in [0.25, 0.3) is 5.91 Å². The van der Waals surface area contributed by atoms with Gasteiger partial charge in [-0.3, -0.25) is 9.59 Å². The first-order chi connectivity index (χ1) is 11.9. The lowest BCUT2D eigenvalue weighted by atomic mass is 10.1. The summed E-state index contributed by atoms with van der Waals surface area (Å²) in [5.41, 5.74) is -0.694. The van der Waals surface area contributed by atoms with Crippen LogP contribution in [0.2, 0.25) is 0 Å². The minimum Gasteiger partial charge on any atom is -0.507 e. The van der Waals surface area contributed by atoms with Gasteiger partial charge in [0.15, 0.2) is 5.65 Å². The number of carbonyl (C=O) groups is 2. The molecule has 0 unspecified atom stereocenters. The van der Waals surface area contributed by atoms with E-state index in [0.29, 0.717) is 0 Å². The van der Waals surface area contributed by atoms with Crippen LogP contribution in [0.25, 0.3) is 16.9 Å². The highest BCUT2D eigenvalue weighted by Crippen LogP contribution is 2.30. The highest BCUT2D eigenvalue weighted by Gasteiger charge is 2.22. The quantitative estimate of drug-likeness (QED) is 0.629. The molecule has 0 aliphatic heterocycles. The van der Waals surface area contributed by atoms with Crippen molar-refractivity contribution in [3.63, 3.8) is 0 Å². The second-order valence-corrected chi connectivity index (χ2v) is 4.99. The summed E-state index contributed by atoms with van der Waals surface area (Å²) in [7, 11) is 0. The molecular weight excluding hydrogens is 374 g/mol. The number of pyridine rings is 1. The van der Waals surface area contributed by atoms with E-state index in [4.69, 9.17) is 5.11 Å². The van der Waals surface area contributed by atoms with Crippen LogP contribution in [0.1, 0.15) is 10.4 Å². The van der Waals surface area contributed by atoms with Crippen LogP contribution < -0.4 is 5.32 Å². The number of fused-ring (bicyclic) bond motifs is 1. The van der Waals surface area contributed by atoms with Gasteiger partial charge in [0.05, 0.1) is 5.69 Å². The zero-order valence-corrected chi connectivity index (χ0v) is 13.6. The molecule has 2 aromatic heterocycles. The number of nitrogens with zero attached hydrogens (tertiary/aromatic N) is 3. The Morgan fingerprint density at radius 3 is 2.65 bits per heavy atom. The van der Waals surface area contributed by atoms with Crippen molar-refractivity contribution in [1.82, 2.24) is 19.9 Å². The van der Waals surface area contributed by atoms with Crippen molar-refractivity contribution in [3.8, 4) is 17.0 Å². The van der Waals surface area contributed by atoms with Gasteiger partial charge < -0.3 is 15.5 Å². The van der Waals surface area contributed by atoms with E-state index in [1.54, 1.807) is 0 Å². The minimum absolute atomic E-state index is 0. The fraction of sp³-hybridized carbons (Fsp3) is 0.0667. The number of carbonyl (C=O) groups excluding carboxylic acids is 1. The van der Waals surface area contributed by atoms with Gasteiger partial charge in [-0.25, -0.2) is 18.3 Å². The Balaban J connectivity index is 0.00000243. The van der Waals surface area contributed by atoms with Gasteiger partial charge in [-0.05, 0) is 18.2 Å². The van der Waals surface area contributed by atoms with E-state index in [2.05, 4.69) is 15.4 Å². The maximum absolute atomic E-state index is 14.0. The van der Waals surface area contributed by atoms with E-state index in [1.165, 1.54) is 0 Å². The smallest absolute Gasteiger partial charge is 0.322 e. The van der Waals surface area contributed by atoms with Crippen LogP contribution in [0.15, 0.2) is 30.6 Å². The Kier molecular flexibility index (Phi) is 5.36. The molecular formula is C15H11ClF2N4O4. The van der Waals surface area contributed by atoms with Crippen molar-refractivity contribution in [3.05, 3.63) is 47.8 Å². The maximum atomic E-state index is 14.0. The number of carboxylic acids is 1. The maximum Gasteiger partial charge on any atom is 0.322 e. The predicted molar refractivity (Wildman–Crippen MR) is 87.2 cm³/mol. The molecule has 136 valence electrons. The third-order valence-corrected chi connectivity index (χ3v) is 3.36. The van der Waals surface area contributed by atoms with E-state index in [1.807, 2.05) is 0 Å². The van der Waals surface area contributed by atoms with Gasteiger partial charge in [0, 0.05) is 11.6 Å². The van der Waals surface area contributed by atoms with Gasteiger partial charge in [-0.15, -0.1) is 12.4 Å². The van der Waals surface area contributed by atoms with Crippen LogP contribution in [-0.2, 0) is 4.79 Å². The van der Waals surface area contributed by atoms with Crippen molar-refractivity contribution in [1.29, 1.82) is 0 Å². The lowest BCUT2D eigenvalue weighted by Gasteiger charge is -2.11. The molecule has 1 amide bonds. The second kappa shape index (κ2) is 7.31. The van der Waals surface area contributed by atoms with Crippen LogP contribution in [0.4, 0.5) is 8.78 Å². The van der Waals surface area contributed by atoms with Crippen molar-refractivity contribution >= 4 is 29.9 Å². The summed E-state index contributed by atoms with van der Waals surface area (Å²) in [6.07, 6.45) is 1.06. The molecule has 0 bridgehead atoms. The number of aromatic hydroxyl groups is 1. The number of amides is 1. The highest BCUT2D eigenvalue weighted by atomic mass is 35.5.